The molecule has 2 aromatic rings. The fraction of sp³-hybridized carbons (Fsp3) is 0.235. The smallest absolute Gasteiger partial charge is 0.275 e. The van der Waals surface area contributed by atoms with Gasteiger partial charge in [0.05, 0.1) is 18.1 Å². The van der Waals surface area contributed by atoms with Crippen LogP contribution in [0.5, 0.6) is 0 Å². The molecule has 9 nitrogen and oxygen atoms in total. The summed E-state index contributed by atoms with van der Waals surface area (Å²) in [6.07, 6.45) is 0. The number of rotatable bonds is 6. The van der Waals surface area contributed by atoms with Crippen molar-refractivity contribution in [2.45, 2.75) is 17.0 Å². The van der Waals surface area contributed by atoms with E-state index >= 15 is 0 Å². The number of hydrogen-bond acceptors (Lipinski definition) is 6. The van der Waals surface area contributed by atoms with Gasteiger partial charge in [0.1, 0.15) is 6.04 Å². The fourth-order valence-electron chi connectivity index (χ4n) is 2.95. The molecule has 0 N–H and O–H groups in total. The Kier molecular flexibility index (Phi) is 4.96. The molecular weight excluding hydrogens is 374 g/mol. The highest BCUT2D eigenvalue weighted by atomic mass is 32.2. The molecule has 1 heterocycles. The summed E-state index contributed by atoms with van der Waals surface area (Å²) in [7, 11) is -1.62. The van der Waals surface area contributed by atoms with Crippen molar-refractivity contribution in [2.75, 3.05) is 14.2 Å². The molecule has 1 saturated heterocycles. The summed E-state index contributed by atoms with van der Waals surface area (Å²) < 4.78 is 27.3. The monoisotopic (exact) mass is 391 g/mol. The number of sulfonamides is 1. The van der Waals surface area contributed by atoms with Crippen molar-refractivity contribution in [1.82, 2.24) is 9.37 Å². The fourth-order valence-corrected chi connectivity index (χ4v) is 4.82. The molecule has 142 valence electrons. The number of carbonyl (C=O) groups excluding carboxylic acids is 1. The number of nitrogens with zero attached hydrogens (tertiary/aromatic N) is 3. The number of hydrogen-bond donors (Lipinski definition) is 0. The number of benzene rings is 2. The molecule has 0 spiro atoms. The standard InChI is InChI=1S/C17H17N3O6S/c1-18(26-2)17(21)16-15(12-8-4-3-5-9-12)19(16)27(24,25)14-11-7-6-10-13(14)20(22)23/h3-11,15-16H,1-2H3/t15-,16-,19?/m1/s1. The summed E-state index contributed by atoms with van der Waals surface area (Å²) in [6, 6.07) is 11.9. The van der Waals surface area contributed by atoms with Crippen LogP contribution in [-0.4, -0.2) is 48.8 Å². The van der Waals surface area contributed by atoms with E-state index in [0.717, 1.165) is 21.5 Å². The lowest BCUT2D eigenvalue weighted by atomic mass is 10.1. The number of nitro benzene ring substituents is 1. The van der Waals surface area contributed by atoms with Gasteiger partial charge >= 0.3 is 0 Å². The van der Waals surface area contributed by atoms with Crippen LogP contribution in [0.4, 0.5) is 5.69 Å². The molecule has 10 heteroatoms. The maximum Gasteiger partial charge on any atom is 0.289 e. The van der Waals surface area contributed by atoms with E-state index in [1.54, 1.807) is 30.3 Å². The van der Waals surface area contributed by atoms with Crippen molar-refractivity contribution in [3.8, 4) is 0 Å². The van der Waals surface area contributed by atoms with E-state index in [2.05, 4.69) is 0 Å². The maximum absolute atomic E-state index is 13.1. The first-order valence-corrected chi connectivity index (χ1v) is 9.38. The summed E-state index contributed by atoms with van der Waals surface area (Å²) in [5.41, 5.74) is 0.0741. The van der Waals surface area contributed by atoms with Gasteiger partial charge in [-0.3, -0.25) is 19.7 Å². The Morgan fingerprint density at radius 3 is 2.33 bits per heavy atom. The molecule has 0 aliphatic carbocycles. The molecule has 0 saturated carbocycles. The highest BCUT2D eigenvalue weighted by Gasteiger charge is 2.62. The van der Waals surface area contributed by atoms with Crippen molar-refractivity contribution in [3.63, 3.8) is 0 Å². The SMILES string of the molecule is CON(C)C(=O)[C@H]1[C@@H](c2ccccc2)N1S(=O)(=O)c1ccccc1[N+](=O)[O-]. The third kappa shape index (κ3) is 3.29. The topological polar surface area (TPSA) is 110 Å². The van der Waals surface area contributed by atoms with Gasteiger partial charge in [0.25, 0.3) is 21.6 Å². The maximum atomic E-state index is 13.1. The lowest BCUT2D eigenvalue weighted by Gasteiger charge is -2.13. The van der Waals surface area contributed by atoms with E-state index in [4.69, 9.17) is 4.84 Å². The van der Waals surface area contributed by atoms with Crippen LogP contribution in [0.1, 0.15) is 11.6 Å². The molecule has 2 aromatic carbocycles. The molecule has 1 aliphatic rings. The average Bonchev–Trinajstić information content (AvgIpc) is 3.44. The Balaban J connectivity index is 2.07. The lowest BCUT2D eigenvalue weighted by molar-refractivity contribution is -0.387. The van der Waals surface area contributed by atoms with Crippen molar-refractivity contribution < 1.29 is 23.0 Å². The Labute approximate surface area is 155 Å². The van der Waals surface area contributed by atoms with E-state index in [9.17, 15) is 23.3 Å². The first-order valence-electron chi connectivity index (χ1n) is 7.94. The van der Waals surface area contributed by atoms with Crippen LogP contribution < -0.4 is 0 Å². The zero-order valence-corrected chi connectivity index (χ0v) is 15.4. The van der Waals surface area contributed by atoms with Gasteiger partial charge in [0, 0.05) is 13.1 Å². The van der Waals surface area contributed by atoms with E-state index in [0.29, 0.717) is 5.56 Å². The van der Waals surface area contributed by atoms with Gasteiger partial charge in [0.15, 0.2) is 4.90 Å². The molecule has 1 unspecified atom stereocenters. The molecule has 1 amide bonds. The van der Waals surface area contributed by atoms with E-state index in [1.807, 2.05) is 0 Å². The summed E-state index contributed by atoms with van der Waals surface area (Å²) in [6.45, 7) is 0. The lowest BCUT2D eigenvalue weighted by Crippen LogP contribution is -2.32. The quantitative estimate of drug-likeness (QED) is 0.421. The van der Waals surface area contributed by atoms with Crippen LogP contribution in [-0.2, 0) is 19.7 Å². The second-order valence-electron chi connectivity index (χ2n) is 5.88. The predicted octanol–water partition coefficient (Wildman–Crippen LogP) is 1.73. The number of amides is 1. The number of hydroxylamine groups is 2. The van der Waals surface area contributed by atoms with Crippen LogP contribution in [0.2, 0.25) is 0 Å². The number of nitro groups is 1. The summed E-state index contributed by atoms with van der Waals surface area (Å²) in [4.78, 5) is 27.5. The van der Waals surface area contributed by atoms with Crippen LogP contribution in [0.15, 0.2) is 59.5 Å². The molecule has 0 aromatic heterocycles. The van der Waals surface area contributed by atoms with Crippen molar-refractivity contribution >= 4 is 21.6 Å². The normalized spacial score (nSPS) is 21.5. The van der Waals surface area contributed by atoms with Gasteiger partial charge in [-0.25, -0.2) is 13.5 Å². The van der Waals surface area contributed by atoms with E-state index in [1.165, 1.54) is 26.3 Å². The molecule has 3 atom stereocenters. The molecule has 1 aliphatic heterocycles. The zero-order valence-electron chi connectivity index (χ0n) is 14.6. The van der Waals surface area contributed by atoms with Crippen LogP contribution >= 0.6 is 0 Å². The minimum Gasteiger partial charge on any atom is -0.275 e. The van der Waals surface area contributed by atoms with E-state index < -0.39 is 43.5 Å². The van der Waals surface area contributed by atoms with Gasteiger partial charge in [-0.15, -0.1) is 0 Å². The van der Waals surface area contributed by atoms with Crippen LogP contribution in [0, 0.1) is 10.1 Å². The van der Waals surface area contributed by atoms with Gasteiger partial charge in [0.2, 0.25) is 0 Å². The third-order valence-corrected chi connectivity index (χ3v) is 6.26. The Hall–Kier alpha value is -2.82. The Morgan fingerprint density at radius 1 is 1.15 bits per heavy atom. The van der Waals surface area contributed by atoms with Crippen molar-refractivity contribution in [1.29, 1.82) is 0 Å². The molecule has 3 rings (SSSR count). The first-order chi connectivity index (χ1) is 12.8. The number of carbonyl (C=O) groups is 1. The highest BCUT2D eigenvalue weighted by molar-refractivity contribution is 7.89. The van der Waals surface area contributed by atoms with Gasteiger partial charge < -0.3 is 0 Å². The van der Waals surface area contributed by atoms with Crippen molar-refractivity contribution in [3.05, 3.63) is 70.3 Å². The number of likely N-dealkylation sites (N-methyl/N-ethyl adjacent to an activating group) is 1. The van der Waals surface area contributed by atoms with Crippen molar-refractivity contribution in [2.24, 2.45) is 0 Å². The zero-order chi connectivity index (χ0) is 19.8. The second-order valence-corrected chi connectivity index (χ2v) is 7.69. The Bertz CT molecular complexity index is 979. The minimum absolute atomic E-state index is 0.452. The summed E-state index contributed by atoms with van der Waals surface area (Å²) in [5, 5.41) is 12.2. The van der Waals surface area contributed by atoms with E-state index in [-0.39, 0.29) is 0 Å². The average molecular weight is 391 g/mol. The summed E-state index contributed by atoms with van der Waals surface area (Å²) in [5.74, 6) is -0.562. The van der Waals surface area contributed by atoms with Gasteiger partial charge in [-0.05, 0) is 11.6 Å². The van der Waals surface area contributed by atoms with Gasteiger partial charge in [-0.1, -0.05) is 42.5 Å². The molecule has 1 fully saturated rings. The molecular formula is C17H17N3O6S. The Morgan fingerprint density at radius 2 is 1.74 bits per heavy atom. The largest absolute Gasteiger partial charge is 0.289 e. The second kappa shape index (κ2) is 7.06. The van der Waals surface area contributed by atoms with Gasteiger partial charge in [-0.2, -0.15) is 4.31 Å². The van der Waals surface area contributed by atoms with Crippen LogP contribution in [0.3, 0.4) is 0 Å². The highest BCUT2D eigenvalue weighted by Crippen LogP contribution is 2.49. The van der Waals surface area contributed by atoms with Crippen LogP contribution in [0.25, 0.3) is 0 Å². The molecule has 0 bridgehead atoms. The summed E-state index contributed by atoms with van der Waals surface area (Å²) >= 11 is 0. The first kappa shape index (κ1) is 19.0. The number of para-hydroxylation sites is 1. The molecule has 27 heavy (non-hydrogen) atoms. The molecule has 0 radical (unpaired) electrons. The third-order valence-electron chi connectivity index (χ3n) is 4.35. The predicted molar refractivity (Wildman–Crippen MR) is 94.9 cm³/mol. The minimum atomic E-state index is -4.29.